The first-order valence-electron chi connectivity index (χ1n) is 12.8. The molecule has 32 heavy (non-hydrogen) atoms. The van der Waals surface area contributed by atoms with Crippen molar-refractivity contribution in [3.05, 3.63) is 36.4 Å². The van der Waals surface area contributed by atoms with Crippen molar-refractivity contribution >= 4 is 34.0 Å². The second-order valence-corrected chi connectivity index (χ2v) is 9.89. The summed E-state index contributed by atoms with van der Waals surface area (Å²) in [6.45, 7) is 0. The molecule has 4 nitrogen and oxygen atoms in total. The molecule has 0 aliphatic heterocycles. The number of nitrogens with one attached hydrogen (secondary N) is 2. The Morgan fingerprint density at radius 1 is 0.625 bits per heavy atom. The van der Waals surface area contributed by atoms with E-state index in [4.69, 9.17) is 0 Å². The van der Waals surface area contributed by atoms with Crippen LogP contribution >= 0.6 is 0 Å². The molecule has 2 aromatic carbocycles. The Morgan fingerprint density at radius 3 is 1.44 bits per heavy atom. The molecule has 0 bridgehead atoms. The zero-order valence-electron chi connectivity index (χ0n) is 19.3. The highest BCUT2D eigenvalue weighted by Crippen LogP contribution is 2.31. The fraction of sp³-hybridized carbons (Fsp3) is 0.571. The monoisotopic (exact) mass is 434 g/mol. The van der Waals surface area contributed by atoms with Crippen molar-refractivity contribution in [2.24, 2.45) is 11.8 Å². The highest BCUT2D eigenvalue weighted by molar-refractivity contribution is 6.08. The van der Waals surface area contributed by atoms with E-state index in [0.717, 1.165) is 35.0 Å². The van der Waals surface area contributed by atoms with Gasteiger partial charge in [0.15, 0.2) is 0 Å². The van der Waals surface area contributed by atoms with Crippen LogP contribution in [0.1, 0.15) is 89.9 Å². The minimum absolute atomic E-state index is 0.0880. The third-order valence-corrected chi connectivity index (χ3v) is 7.48. The molecule has 0 saturated heterocycles. The van der Waals surface area contributed by atoms with E-state index < -0.39 is 0 Å². The molecule has 2 amide bonds. The van der Waals surface area contributed by atoms with Gasteiger partial charge < -0.3 is 10.6 Å². The van der Waals surface area contributed by atoms with Gasteiger partial charge >= 0.3 is 0 Å². The summed E-state index contributed by atoms with van der Waals surface area (Å²) < 4.78 is 0. The summed E-state index contributed by atoms with van der Waals surface area (Å²) in [6.07, 6.45) is 16.1. The molecule has 2 aliphatic carbocycles. The number of carbonyl (C=O) groups is 2. The summed E-state index contributed by atoms with van der Waals surface area (Å²) in [4.78, 5) is 25.2. The van der Waals surface area contributed by atoms with Crippen LogP contribution in [0, 0.1) is 11.8 Å². The SMILES string of the molecule is O=C(CCC1CCCCC1)Nc1cccc2c(NC(=O)CCC3CCCCC3)cccc12. The molecule has 172 valence electrons. The number of fused-ring (bicyclic) bond motifs is 1. The van der Waals surface area contributed by atoms with Gasteiger partial charge in [-0.3, -0.25) is 9.59 Å². The molecule has 0 aromatic heterocycles. The van der Waals surface area contributed by atoms with E-state index in [9.17, 15) is 9.59 Å². The van der Waals surface area contributed by atoms with Crippen LogP contribution in [-0.2, 0) is 9.59 Å². The van der Waals surface area contributed by atoms with Crippen molar-refractivity contribution < 1.29 is 9.59 Å². The first-order chi connectivity index (χ1) is 15.7. The Kier molecular flexibility index (Phi) is 8.19. The number of benzene rings is 2. The molecule has 4 rings (SSSR count). The highest BCUT2D eigenvalue weighted by Gasteiger charge is 2.17. The number of hydrogen-bond donors (Lipinski definition) is 2. The molecular weight excluding hydrogens is 396 g/mol. The van der Waals surface area contributed by atoms with E-state index in [1.165, 1.54) is 64.2 Å². The Labute approximate surface area is 192 Å². The lowest BCUT2D eigenvalue weighted by Gasteiger charge is -2.21. The Hall–Kier alpha value is -2.36. The summed E-state index contributed by atoms with van der Waals surface area (Å²) in [5, 5.41) is 8.19. The van der Waals surface area contributed by atoms with Gasteiger partial charge in [-0.2, -0.15) is 0 Å². The number of rotatable bonds is 8. The Morgan fingerprint density at radius 2 is 1.03 bits per heavy atom. The molecule has 0 atom stereocenters. The number of amides is 2. The Balaban J connectivity index is 1.36. The van der Waals surface area contributed by atoms with Gasteiger partial charge in [0.25, 0.3) is 0 Å². The first-order valence-corrected chi connectivity index (χ1v) is 12.8. The van der Waals surface area contributed by atoms with Gasteiger partial charge in [-0.15, -0.1) is 0 Å². The zero-order chi connectivity index (χ0) is 22.2. The minimum Gasteiger partial charge on any atom is -0.326 e. The summed E-state index contributed by atoms with van der Waals surface area (Å²) >= 11 is 0. The maximum absolute atomic E-state index is 12.6. The van der Waals surface area contributed by atoms with Gasteiger partial charge in [-0.25, -0.2) is 0 Å². The smallest absolute Gasteiger partial charge is 0.224 e. The van der Waals surface area contributed by atoms with Crippen molar-refractivity contribution in [3.63, 3.8) is 0 Å². The van der Waals surface area contributed by atoms with Gasteiger partial charge in [0.1, 0.15) is 0 Å². The average molecular weight is 435 g/mol. The van der Waals surface area contributed by atoms with Gasteiger partial charge in [0, 0.05) is 35.0 Å². The first kappa shape index (κ1) is 22.8. The number of carbonyl (C=O) groups excluding carboxylic acids is 2. The summed E-state index contributed by atoms with van der Waals surface area (Å²) in [6, 6.07) is 11.9. The van der Waals surface area contributed by atoms with E-state index >= 15 is 0 Å². The van der Waals surface area contributed by atoms with E-state index in [1.54, 1.807) is 0 Å². The largest absolute Gasteiger partial charge is 0.326 e. The molecule has 0 radical (unpaired) electrons. The predicted octanol–water partition coefficient (Wildman–Crippen LogP) is 7.44. The topological polar surface area (TPSA) is 58.2 Å². The van der Waals surface area contributed by atoms with Crippen LogP contribution < -0.4 is 10.6 Å². The van der Waals surface area contributed by atoms with Crippen LogP contribution in [0.3, 0.4) is 0 Å². The molecule has 4 heteroatoms. The van der Waals surface area contributed by atoms with Gasteiger partial charge in [0.2, 0.25) is 11.8 Å². The van der Waals surface area contributed by atoms with Crippen LogP contribution in [0.5, 0.6) is 0 Å². The third-order valence-electron chi connectivity index (χ3n) is 7.48. The van der Waals surface area contributed by atoms with Crippen LogP contribution in [0.15, 0.2) is 36.4 Å². The van der Waals surface area contributed by atoms with E-state index in [-0.39, 0.29) is 11.8 Å². The second-order valence-electron chi connectivity index (χ2n) is 9.89. The van der Waals surface area contributed by atoms with Crippen LogP contribution in [0.2, 0.25) is 0 Å². The van der Waals surface area contributed by atoms with Crippen molar-refractivity contribution in [2.75, 3.05) is 10.6 Å². The number of anilines is 2. The molecule has 2 N–H and O–H groups in total. The highest BCUT2D eigenvalue weighted by atomic mass is 16.2. The molecule has 2 fully saturated rings. The van der Waals surface area contributed by atoms with Crippen LogP contribution in [-0.4, -0.2) is 11.8 Å². The van der Waals surface area contributed by atoms with E-state index in [1.807, 2.05) is 36.4 Å². The summed E-state index contributed by atoms with van der Waals surface area (Å²) in [7, 11) is 0. The van der Waals surface area contributed by atoms with Crippen molar-refractivity contribution in [1.82, 2.24) is 0 Å². The lowest BCUT2D eigenvalue weighted by molar-refractivity contribution is -0.117. The summed E-state index contributed by atoms with van der Waals surface area (Å²) in [5.41, 5.74) is 1.66. The fourth-order valence-corrected chi connectivity index (χ4v) is 5.58. The molecule has 2 aliphatic rings. The minimum atomic E-state index is 0.0880. The van der Waals surface area contributed by atoms with Crippen molar-refractivity contribution in [3.8, 4) is 0 Å². The standard InChI is InChI=1S/C28H38N2O2/c31-27(19-17-21-9-3-1-4-10-21)29-25-15-7-14-24-23(25)13-8-16-26(24)30-28(32)20-18-22-11-5-2-6-12-22/h7-8,13-16,21-22H,1-6,9-12,17-20H2,(H,29,31)(H,30,32). The maximum Gasteiger partial charge on any atom is 0.224 e. The van der Waals surface area contributed by atoms with Gasteiger partial charge in [-0.1, -0.05) is 88.5 Å². The van der Waals surface area contributed by atoms with E-state index in [0.29, 0.717) is 24.7 Å². The normalized spacial score (nSPS) is 17.9. The van der Waals surface area contributed by atoms with E-state index in [2.05, 4.69) is 10.6 Å². The Bertz CT molecular complexity index is 836. The fourth-order valence-electron chi connectivity index (χ4n) is 5.58. The van der Waals surface area contributed by atoms with Crippen molar-refractivity contribution in [1.29, 1.82) is 0 Å². The molecule has 0 spiro atoms. The van der Waals surface area contributed by atoms with Gasteiger partial charge in [-0.05, 0) is 36.8 Å². The average Bonchev–Trinajstić information content (AvgIpc) is 2.83. The van der Waals surface area contributed by atoms with Gasteiger partial charge in [0.05, 0.1) is 0 Å². The molecule has 0 unspecified atom stereocenters. The lowest BCUT2D eigenvalue weighted by atomic mass is 9.86. The molecule has 0 heterocycles. The molecule has 2 saturated carbocycles. The third kappa shape index (κ3) is 6.34. The predicted molar refractivity (Wildman–Crippen MR) is 133 cm³/mol. The quantitative estimate of drug-likeness (QED) is 0.453. The molecule has 2 aromatic rings. The summed E-state index contributed by atoms with van der Waals surface area (Å²) in [5.74, 6) is 1.59. The number of hydrogen-bond acceptors (Lipinski definition) is 2. The van der Waals surface area contributed by atoms with Crippen LogP contribution in [0.25, 0.3) is 10.8 Å². The second kappa shape index (κ2) is 11.5. The maximum atomic E-state index is 12.6. The van der Waals surface area contributed by atoms with Crippen LogP contribution in [0.4, 0.5) is 11.4 Å². The zero-order valence-corrected chi connectivity index (χ0v) is 19.3. The van der Waals surface area contributed by atoms with Crippen molar-refractivity contribution in [2.45, 2.75) is 89.9 Å². The molecular formula is C28H38N2O2. The lowest BCUT2D eigenvalue weighted by Crippen LogP contribution is -2.16.